The van der Waals surface area contributed by atoms with Gasteiger partial charge in [0.2, 0.25) is 21.8 Å². The quantitative estimate of drug-likeness (QED) is 0.299. The van der Waals surface area contributed by atoms with E-state index in [-0.39, 0.29) is 37.7 Å². The molecule has 0 radical (unpaired) electrons. The molecule has 3 rings (SSSR count). The standard InChI is InChI=1S/C28H37Cl2N3O6S/c1-4-6-14-31-28(35)24(5-2)32(19-21-22(29)9-7-10-23(21)30)27(34)11-8-15-33(40(3,36)37)20-12-13-25-26(18-20)39-17-16-38-25/h7,9-10,12-13,18,24H,4-6,8,11,14-17,19H2,1-3H3,(H,31,35)/t24-/m1/s1. The van der Waals surface area contributed by atoms with Gasteiger partial charge in [0.1, 0.15) is 19.3 Å². The molecule has 0 aromatic heterocycles. The lowest BCUT2D eigenvalue weighted by atomic mass is 10.1. The van der Waals surface area contributed by atoms with Crippen LogP contribution in [0.4, 0.5) is 5.69 Å². The van der Waals surface area contributed by atoms with Crippen molar-refractivity contribution < 1.29 is 27.5 Å². The van der Waals surface area contributed by atoms with Gasteiger partial charge in [0.05, 0.1) is 11.9 Å². The first-order chi connectivity index (χ1) is 19.1. The minimum absolute atomic E-state index is 0.0113. The average Bonchev–Trinajstić information content (AvgIpc) is 2.91. The number of halogens is 2. The number of nitrogens with one attached hydrogen (secondary N) is 1. The molecule has 1 N–H and O–H groups in total. The van der Waals surface area contributed by atoms with Gasteiger partial charge >= 0.3 is 0 Å². The summed E-state index contributed by atoms with van der Waals surface area (Å²) in [4.78, 5) is 28.2. The number of nitrogens with zero attached hydrogens (tertiary/aromatic N) is 2. The van der Waals surface area contributed by atoms with Crippen molar-refractivity contribution in [2.45, 2.75) is 58.5 Å². The molecule has 0 saturated heterocycles. The predicted molar refractivity (Wildman–Crippen MR) is 158 cm³/mol. The molecule has 0 unspecified atom stereocenters. The number of hydrogen-bond donors (Lipinski definition) is 1. The number of carbonyl (C=O) groups excluding carboxylic acids is 2. The van der Waals surface area contributed by atoms with Crippen LogP contribution in [0.2, 0.25) is 10.0 Å². The Morgan fingerprint density at radius 1 is 1.02 bits per heavy atom. The molecule has 0 aliphatic carbocycles. The third-order valence-electron chi connectivity index (χ3n) is 6.57. The summed E-state index contributed by atoms with van der Waals surface area (Å²) in [5.74, 6) is 0.470. The van der Waals surface area contributed by atoms with Crippen LogP contribution in [-0.4, -0.2) is 63.7 Å². The fourth-order valence-corrected chi connectivity index (χ4v) is 5.94. The van der Waals surface area contributed by atoms with Crippen LogP contribution >= 0.6 is 23.2 Å². The SMILES string of the molecule is CCCCNC(=O)[C@@H](CC)N(Cc1c(Cl)cccc1Cl)C(=O)CCCN(c1ccc2c(c1)OCCO2)S(C)(=O)=O. The van der Waals surface area contributed by atoms with Gasteiger partial charge < -0.3 is 19.7 Å². The Hall–Kier alpha value is -2.69. The summed E-state index contributed by atoms with van der Waals surface area (Å²) in [6.45, 7) is 5.30. The Balaban J connectivity index is 1.79. The second-order valence-electron chi connectivity index (χ2n) is 9.56. The van der Waals surface area contributed by atoms with Crippen molar-refractivity contribution >= 4 is 50.7 Å². The molecule has 2 amide bonds. The van der Waals surface area contributed by atoms with Crippen molar-refractivity contribution in [3.8, 4) is 11.5 Å². The number of ether oxygens (including phenoxy) is 2. The van der Waals surface area contributed by atoms with Crippen LogP contribution in [-0.2, 0) is 26.2 Å². The van der Waals surface area contributed by atoms with Crippen LogP contribution in [0.25, 0.3) is 0 Å². The fourth-order valence-electron chi connectivity index (χ4n) is 4.47. The molecule has 2 aromatic carbocycles. The fraction of sp³-hybridized carbons (Fsp3) is 0.500. The van der Waals surface area contributed by atoms with Crippen LogP contribution in [0, 0.1) is 0 Å². The molecule has 0 spiro atoms. The van der Waals surface area contributed by atoms with Crippen LogP contribution in [0.15, 0.2) is 36.4 Å². The molecule has 1 aliphatic rings. The van der Waals surface area contributed by atoms with Crippen molar-refractivity contribution in [3.05, 3.63) is 52.0 Å². The molecular weight excluding hydrogens is 577 g/mol. The number of carbonyl (C=O) groups is 2. The smallest absolute Gasteiger partial charge is 0.242 e. The zero-order valence-corrected chi connectivity index (χ0v) is 25.4. The van der Waals surface area contributed by atoms with E-state index in [2.05, 4.69) is 5.32 Å². The first-order valence-electron chi connectivity index (χ1n) is 13.4. The Labute approximate surface area is 246 Å². The maximum atomic E-state index is 13.6. The maximum Gasteiger partial charge on any atom is 0.242 e. The zero-order chi connectivity index (χ0) is 29.3. The monoisotopic (exact) mass is 613 g/mol. The maximum absolute atomic E-state index is 13.6. The van der Waals surface area contributed by atoms with Gasteiger partial charge in [0, 0.05) is 47.7 Å². The molecule has 1 aliphatic heterocycles. The predicted octanol–water partition coefficient (Wildman–Crippen LogP) is 5.03. The second kappa shape index (κ2) is 14.8. The van der Waals surface area contributed by atoms with Crippen LogP contribution < -0.4 is 19.1 Å². The lowest BCUT2D eigenvalue weighted by Gasteiger charge is -2.31. The van der Waals surface area contributed by atoms with Gasteiger partial charge in [-0.15, -0.1) is 0 Å². The highest BCUT2D eigenvalue weighted by atomic mass is 35.5. The normalized spacial score (nSPS) is 13.4. The van der Waals surface area contributed by atoms with E-state index in [1.54, 1.807) is 36.4 Å². The van der Waals surface area contributed by atoms with E-state index < -0.39 is 16.1 Å². The average molecular weight is 615 g/mol. The summed E-state index contributed by atoms with van der Waals surface area (Å²) < 4.78 is 37.7. The van der Waals surface area contributed by atoms with Gasteiger partial charge in [0.15, 0.2) is 11.5 Å². The van der Waals surface area contributed by atoms with E-state index in [0.717, 1.165) is 19.1 Å². The molecule has 2 aromatic rings. The van der Waals surface area contributed by atoms with Crippen molar-refractivity contribution in [2.75, 3.05) is 36.9 Å². The largest absolute Gasteiger partial charge is 0.486 e. The van der Waals surface area contributed by atoms with Gasteiger partial charge in [0.25, 0.3) is 0 Å². The topological polar surface area (TPSA) is 105 Å². The van der Waals surface area contributed by atoms with E-state index in [0.29, 0.717) is 59.0 Å². The Morgan fingerprint density at radius 2 is 1.70 bits per heavy atom. The summed E-state index contributed by atoms with van der Waals surface area (Å²) in [6, 6.07) is 9.29. The first kappa shape index (κ1) is 31.8. The summed E-state index contributed by atoms with van der Waals surface area (Å²) in [5, 5.41) is 3.71. The number of hydrogen-bond acceptors (Lipinski definition) is 6. The Kier molecular flexibility index (Phi) is 11.8. The molecule has 220 valence electrons. The Morgan fingerprint density at radius 3 is 2.33 bits per heavy atom. The van der Waals surface area contributed by atoms with Crippen molar-refractivity contribution in [3.63, 3.8) is 0 Å². The summed E-state index contributed by atoms with van der Waals surface area (Å²) in [6.07, 6.45) is 3.49. The van der Waals surface area contributed by atoms with Crippen LogP contribution in [0.1, 0.15) is 51.5 Å². The van der Waals surface area contributed by atoms with Crippen molar-refractivity contribution in [2.24, 2.45) is 0 Å². The molecule has 0 bridgehead atoms. The third-order valence-corrected chi connectivity index (χ3v) is 8.47. The van der Waals surface area contributed by atoms with E-state index in [9.17, 15) is 18.0 Å². The van der Waals surface area contributed by atoms with E-state index >= 15 is 0 Å². The van der Waals surface area contributed by atoms with Gasteiger partial charge in [-0.05, 0) is 43.5 Å². The molecule has 1 atom stereocenters. The lowest BCUT2D eigenvalue weighted by Crippen LogP contribution is -2.49. The molecule has 1 heterocycles. The van der Waals surface area contributed by atoms with Gasteiger partial charge in [-0.2, -0.15) is 0 Å². The number of benzene rings is 2. The molecular formula is C28H37Cl2N3O6S. The third kappa shape index (κ3) is 8.41. The zero-order valence-electron chi connectivity index (χ0n) is 23.1. The van der Waals surface area contributed by atoms with Crippen LogP contribution in [0.3, 0.4) is 0 Å². The Bertz CT molecular complexity index is 1270. The van der Waals surface area contributed by atoms with Gasteiger partial charge in [-0.3, -0.25) is 13.9 Å². The molecule has 12 heteroatoms. The minimum atomic E-state index is -3.66. The van der Waals surface area contributed by atoms with Crippen molar-refractivity contribution in [1.29, 1.82) is 0 Å². The first-order valence-corrected chi connectivity index (χ1v) is 16.0. The molecule has 9 nitrogen and oxygen atoms in total. The second-order valence-corrected chi connectivity index (χ2v) is 12.3. The highest BCUT2D eigenvalue weighted by molar-refractivity contribution is 7.92. The number of unbranched alkanes of at least 4 members (excludes halogenated alkanes) is 1. The number of amides is 2. The van der Waals surface area contributed by atoms with E-state index in [4.69, 9.17) is 32.7 Å². The van der Waals surface area contributed by atoms with Gasteiger partial charge in [-0.1, -0.05) is 49.5 Å². The summed E-state index contributed by atoms with van der Waals surface area (Å²) in [7, 11) is -3.66. The lowest BCUT2D eigenvalue weighted by molar-refractivity contribution is -0.141. The minimum Gasteiger partial charge on any atom is -0.486 e. The van der Waals surface area contributed by atoms with Crippen LogP contribution in [0.5, 0.6) is 11.5 Å². The van der Waals surface area contributed by atoms with E-state index in [1.165, 1.54) is 9.21 Å². The van der Waals surface area contributed by atoms with E-state index in [1.807, 2.05) is 13.8 Å². The highest BCUT2D eigenvalue weighted by Gasteiger charge is 2.30. The molecule has 40 heavy (non-hydrogen) atoms. The summed E-state index contributed by atoms with van der Waals surface area (Å²) in [5.41, 5.74) is 0.966. The highest BCUT2D eigenvalue weighted by Crippen LogP contribution is 2.35. The number of rotatable bonds is 14. The molecule has 0 saturated carbocycles. The number of sulfonamides is 1. The number of anilines is 1. The van der Waals surface area contributed by atoms with Crippen molar-refractivity contribution in [1.82, 2.24) is 10.2 Å². The summed E-state index contributed by atoms with van der Waals surface area (Å²) >= 11 is 12.8. The van der Waals surface area contributed by atoms with Gasteiger partial charge in [-0.25, -0.2) is 8.42 Å². The molecule has 0 fully saturated rings. The number of fused-ring (bicyclic) bond motifs is 1.